The molecule has 2 amide bonds. The number of carbonyl (C=O) groups excluding carboxylic acids is 2. The Hall–Kier alpha value is -2.27. The van der Waals surface area contributed by atoms with E-state index in [1.807, 2.05) is 67.3 Å². The normalized spacial score (nSPS) is 17.0. The van der Waals surface area contributed by atoms with E-state index in [1.54, 1.807) is 11.8 Å². The first kappa shape index (κ1) is 17.5. The molecule has 2 aromatic carbocycles. The van der Waals surface area contributed by atoms with Crippen molar-refractivity contribution in [3.63, 3.8) is 0 Å². The molecule has 25 heavy (non-hydrogen) atoms. The summed E-state index contributed by atoms with van der Waals surface area (Å²) in [7, 11) is 0. The maximum Gasteiger partial charge on any atom is 0.238 e. The predicted molar refractivity (Wildman–Crippen MR) is 104 cm³/mol. The van der Waals surface area contributed by atoms with Crippen molar-refractivity contribution in [1.82, 2.24) is 0 Å². The second-order valence-electron chi connectivity index (χ2n) is 6.19. The van der Waals surface area contributed by atoms with Gasteiger partial charge in [0.05, 0.1) is 5.75 Å². The number of hydrogen-bond donors (Lipinski definition) is 1. The zero-order chi connectivity index (χ0) is 17.8. The molecule has 3 rings (SSSR count). The van der Waals surface area contributed by atoms with Crippen molar-refractivity contribution in [2.24, 2.45) is 0 Å². The van der Waals surface area contributed by atoms with Crippen LogP contribution in [0, 0.1) is 6.92 Å². The van der Waals surface area contributed by atoms with E-state index in [0.29, 0.717) is 12.2 Å². The van der Waals surface area contributed by atoms with Gasteiger partial charge in [-0.15, -0.1) is 11.8 Å². The molecule has 0 bridgehead atoms. The highest BCUT2D eigenvalue weighted by molar-refractivity contribution is 8.00. The first-order valence-corrected chi connectivity index (χ1v) is 9.53. The fraction of sp³-hybridized carbons (Fsp3) is 0.300. The van der Waals surface area contributed by atoms with Gasteiger partial charge in [0.25, 0.3) is 0 Å². The minimum Gasteiger partial charge on any atom is -0.326 e. The molecule has 2 aromatic rings. The van der Waals surface area contributed by atoms with Crippen LogP contribution >= 0.6 is 11.8 Å². The van der Waals surface area contributed by atoms with Crippen LogP contribution in [-0.4, -0.2) is 17.6 Å². The minimum absolute atomic E-state index is 0.0188. The summed E-state index contributed by atoms with van der Waals surface area (Å²) >= 11 is 1.61. The van der Waals surface area contributed by atoms with Crippen molar-refractivity contribution < 1.29 is 9.59 Å². The molecule has 1 saturated heterocycles. The number of nitrogens with one attached hydrogen (secondary N) is 1. The van der Waals surface area contributed by atoms with Gasteiger partial charge in [0.2, 0.25) is 11.8 Å². The van der Waals surface area contributed by atoms with Crippen LogP contribution in [0.2, 0.25) is 0 Å². The van der Waals surface area contributed by atoms with E-state index in [9.17, 15) is 9.59 Å². The SMILES string of the molecule is CCCC(=O)Nc1cccc(C2SCC(=O)N2c2cccc(C)c2)c1. The van der Waals surface area contributed by atoms with Gasteiger partial charge in [-0.2, -0.15) is 0 Å². The first-order valence-electron chi connectivity index (χ1n) is 8.48. The maximum absolute atomic E-state index is 12.5. The summed E-state index contributed by atoms with van der Waals surface area (Å²) in [6.45, 7) is 4.01. The fourth-order valence-electron chi connectivity index (χ4n) is 2.95. The summed E-state index contributed by atoms with van der Waals surface area (Å²) in [4.78, 5) is 26.1. The van der Waals surface area contributed by atoms with Gasteiger partial charge in [-0.1, -0.05) is 31.2 Å². The second-order valence-corrected chi connectivity index (χ2v) is 7.26. The van der Waals surface area contributed by atoms with Gasteiger partial charge in [-0.3, -0.25) is 14.5 Å². The van der Waals surface area contributed by atoms with Crippen molar-refractivity contribution in [1.29, 1.82) is 0 Å². The average molecular weight is 354 g/mol. The highest BCUT2D eigenvalue weighted by Crippen LogP contribution is 2.42. The number of benzene rings is 2. The smallest absolute Gasteiger partial charge is 0.238 e. The zero-order valence-electron chi connectivity index (χ0n) is 14.5. The summed E-state index contributed by atoms with van der Waals surface area (Å²) in [6.07, 6.45) is 1.33. The molecule has 1 aliphatic heterocycles. The first-order chi connectivity index (χ1) is 12.1. The molecule has 1 fully saturated rings. The molecule has 4 nitrogen and oxygen atoms in total. The van der Waals surface area contributed by atoms with Crippen molar-refractivity contribution in [2.45, 2.75) is 32.1 Å². The van der Waals surface area contributed by atoms with Crippen molar-refractivity contribution in [3.05, 3.63) is 59.7 Å². The lowest BCUT2D eigenvalue weighted by Crippen LogP contribution is -2.27. The minimum atomic E-state index is -0.0719. The number of hydrogen-bond acceptors (Lipinski definition) is 3. The summed E-state index contributed by atoms with van der Waals surface area (Å²) in [6, 6.07) is 15.8. The lowest BCUT2D eigenvalue weighted by atomic mass is 10.1. The number of carbonyl (C=O) groups is 2. The molecule has 0 saturated carbocycles. The van der Waals surface area contributed by atoms with Crippen LogP contribution in [0.5, 0.6) is 0 Å². The molecule has 1 N–H and O–H groups in total. The molecule has 0 spiro atoms. The third-order valence-corrected chi connectivity index (χ3v) is 5.29. The van der Waals surface area contributed by atoms with E-state index >= 15 is 0 Å². The summed E-state index contributed by atoms with van der Waals surface area (Å²) < 4.78 is 0. The van der Waals surface area contributed by atoms with E-state index in [4.69, 9.17) is 0 Å². The van der Waals surface area contributed by atoms with E-state index < -0.39 is 0 Å². The molecule has 1 atom stereocenters. The average Bonchev–Trinajstić information content (AvgIpc) is 2.97. The molecule has 130 valence electrons. The molecule has 1 heterocycles. The van der Waals surface area contributed by atoms with Gasteiger partial charge in [-0.25, -0.2) is 0 Å². The van der Waals surface area contributed by atoms with E-state index in [1.165, 1.54) is 0 Å². The standard InChI is InChI=1S/C20H22N2O2S/c1-3-6-18(23)21-16-9-5-8-15(12-16)20-22(19(24)13-25-20)17-10-4-7-14(2)11-17/h4-5,7-12,20H,3,6,13H2,1-2H3,(H,21,23). The van der Waals surface area contributed by atoms with Crippen molar-refractivity contribution in [3.8, 4) is 0 Å². The molecular formula is C20H22N2O2S. The largest absolute Gasteiger partial charge is 0.326 e. The Morgan fingerprint density at radius 1 is 1.24 bits per heavy atom. The van der Waals surface area contributed by atoms with Gasteiger partial charge >= 0.3 is 0 Å². The summed E-state index contributed by atoms with van der Waals surface area (Å²) in [5.41, 5.74) is 3.84. The Morgan fingerprint density at radius 3 is 2.80 bits per heavy atom. The van der Waals surface area contributed by atoms with Crippen molar-refractivity contribution >= 4 is 35.0 Å². The summed E-state index contributed by atoms with van der Waals surface area (Å²) in [5, 5.41) is 2.86. The predicted octanol–water partition coefficient (Wildman–Crippen LogP) is 4.51. The number of nitrogens with zero attached hydrogens (tertiary/aromatic N) is 1. The number of aryl methyl sites for hydroxylation is 1. The molecule has 0 radical (unpaired) electrons. The Balaban J connectivity index is 1.87. The lowest BCUT2D eigenvalue weighted by Gasteiger charge is -2.25. The Kier molecular flexibility index (Phi) is 5.43. The zero-order valence-corrected chi connectivity index (χ0v) is 15.3. The van der Waals surface area contributed by atoms with E-state index in [-0.39, 0.29) is 17.2 Å². The second kappa shape index (κ2) is 7.74. The number of amides is 2. The number of thioether (sulfide) groups is 1. The monoisotopic (exact) mass is 354 g/mol. The Labute approximate surface area is 152 Å². The van der Waals surface area contributed by atoms with Gasteiger partial charge in [-0.05, 0) is 48.7 Å². The van der Waals surface area contributed by atoms with Gasteiger partial charge in [0, 0.05) is 17.8 Å². The van der Waals surface area contributed by atoms with Crippen LogP contribution in [0.3, 0.4) is 0 Å². The number of rotatable bonds is 5. The molecule has 1 aliphatic rings. The third-order valence-electron chi connectivity index (χ3n) is 4.08. The quantitative estimate of drug-likeness (QED) is 0.859. The third kappa shape index (κ3) is 4.04. The van der Waals surface area contributed by atoms with E-state index in [0.717, 1.165) is 28.9 Å². The van der Waals surface area contributed by atoms with E-state index in [2.05, 4.69) is 5.32 Å². The molecule has 1 unspecified atom stereocenters. The van der Waals surface area contributed by atoms with Crippen LogP contribution in [0.15, 0.2) is 48.5 Å². The van der Waals surface area contributed by atoms with Crippen LogP contribution in [0.4, 0.5) is 11.4 Å². The Morgan fingerprint density at radius 2 is 2.04 bits per heavy atom. The Bertz CT molecular complexity index is 791. The molecule has 0 aromatic heterocycles. The van der Waals surface area contributed by atoms with Crippen molar-refractivity contribution in [2.75, 3.05) is 16.0 Å². The highest BCUT2D eigenvalue weighted by Gasteiger charge is 2.34. The summed E-state index contributed by atoms with van der Waals surface area (Å²) in [5.74, 6) is 0.594. The topological polar surface area (TPSA) is 49.4 Å². The molecular weight excluding hydrogens is 332 g/mol. The lowest BCUT2D eigenvalue weighted by molar-refractivity contribution is -0.116. The van der Waals surface area contributed by atoms with Crippen LogP contribution < -0.4 is 10.2 Å². The molecule has 5 heteroatoms. The highest BCUT2D eigenvalue weighted by atomic mass is 32.2. The van der Waals surface area contributed by atoms with Gasteiger partial charge < -0.3 is 5.32 Å². The van der Waals surface area contributed by atoms with Gasteiger partial charge in [0.15, 0.2) is 0 Å². The van der Waals surface area contributed by atoms with Crippen LogP contribution in [0.1, 0.15) is 36.3 Å². The number of anilines is 2. The molecule has 0 aliphatic carbocycles. The maximum atomic E-state index is 12.5. The van der Waals surface area contributed by atoms with Crippen LogP contribution in [0.25, 0.3) is 0 Å². The van der Waals surface area contributed by atoms with Gasteiger partial charge in [0.1, 0.15) is 5.37 Å². The van der Waals surface area contributed by atoms with Crippen LogP contribution in [-0.2, 0) is 9.59 Å². The fourth-order valence-corrected chi connectivity index (χ4v) is 4.12.